The summed E-state index contributed by atoms with van der Waals surface area (Å²) in [7, 11) is 0. The van der Waals surface area contributed by atoms with Crippen LogP contribution in [-0.2, 0) is 17.4 Å². The van der Waals surface area contributed by atoms with E-state index in [1.54, 1.807) is 6.92 Å². The molecule has 3 rings (SSSR count). The van der Waals surface area contributed by atoms with Crippen molar-refractivity contribution in [3.05, 3.63) is 64.7 Å². The monoisotopic (exact) mass is 316 g/mol. The standard InChI is InChI=1S/C19H15F3O/c1-12(23)14-7-10-18-15(11-14)3-2-4-17(18)13-5-8-16(9-6-13)19(20,21)22/h2-6,8-9,11H,7,10H2,1H3. The minimum absolute atomic E-state index is 0.0654. The van der Waals surface area contributed by atoms with Crippen LogP contribution in [0.2, 0.25) is 0 Å². The normalized spacial score (nSPS) is 14.2. The Balaban J connectivity index is 2.03. The SMILES string of the molecule is CC(=O)C1=Cc2cccc(-c3ccc(C(F)(F)F)cc3)c2CC1. The van der Waals surface area contributed by atoms with Crippen LogP contribution in [0.1, 0.15) is 30.0 Å². The Morgan fingerprint density at radius 2 is 1.70 bits per heavy atom. The minimum atomic E-state index is -4.33. The van der Waals surface area contributed by atoms with Gasteiger partial charge in [0.1, 0.15) is 0 Å². The molecule has 0 saturated heterocycles. The van der Waals surface area contributed by atoms with Gasteiger partial charge in [-0.15, -0.1) is 0 Å². The first-order chi connectivity index (χ1) is 10.9. The van der Waals surface area contributed by atoms with Crippen molar-refractivity contribution >= 4 is 11.9 Å². The molecule has 0 radical (unpaired) electrons. The van der Waals surface area contributed by atoms with E-state index in [1.807, 2.05) is 24.3 Å². The first-order valence-corrected chi connectivity index (χ1v) is 7.37. The largest absolute Gasteiger partial charge is 0.416 e. The third kappa shape index (κ3) is 3.07. The fraction of sp³-hybridized carbons (Fsp3) is 0.211. The molecule has 1 aliphatic carbocycles. The van der Waals surface area contributed by atoms with Gasteiger partial charge in [-0.3, -0.25) is 4.79 Å². The maximum absolute atomic E-state index is 12.7. The number of allylic oxidation sites excluding steroid dienone is 1. The Kier molecular flexibility index (Phi) is 3.84. The van der Waals surface area contributed by atoms with Crippen LogP contribution in [0.25, 0.3) is 17.2 Å². The zero-order valence-corrected chi connectivity index (χ0v) is 12.6. The van der Waals surface area contributed by atoms with Crippen molar-refractivity contribution in [2.45, 2.75) is 25.9 Å². The Bertz CT molecular complexity index is 783. The Hall–Kier alpha value is -2.36. The van der Waals surface area contributed by atoms with E-state index in [0.29, 0.717) is 6.42 Å². The number of Topliss-reactive ketones (excluding diaryl/α,β-unsaturated/α-hetero) is 1. The smallest absolute Gasteiger partial charge is 0.295 e. The maximum atomic E-state index is 12.7. The summed E-state index contributed by atoms with van der Waals surface area (Å²) >= 11 is 0. The quantitative estimate of drug-likeness (QED) is 0.735. The van der Waals surface area contributed by atoms with Gasteiger partial charge in [-0.2, -0.15) is 13.2 Å². The van der Waals surface area contributed by atoms with Crippen LogP contribution in [0.5, 0.6) is 0 Å². The number of benzene rings is 2. The number of carbonyl (C=O) groups excluding carboxylic acids is 1. The van der Waals surface area contributed by atoms with Gasteiger partial charge in [0.05, 0.1) is 5.56 Å². The van der Waals surface area contributed by atoms with Crippen LogP contribution in [-0.4, -0.2) is 5.78 Å². The van der Waals surface area contributed by atoms with Gasteiger partial charge in [-0.05, 0) is 65.8 Å². The number of alkyl halides is 3. The van der Waals surface area contributed by atoms with Gasteiger partial charge in [0.15, 0.2) is 5.78 Å². The Morgan fingerprint density at radius 3 is 2.30 bits per heavy atom. The number of carbonyl (C=O) groups is 1. The molecule has 0 saturated carbocycles. The lowest BCUT2D eigenvalue weighted by molar-refractivity contribution is -0.137. The molecule has 1 nitrogen and oxygen atoms in total. The van der Waals surface area contributed by atoms with Crippen molar-refractivity contribution in [1.29, 1.82) is 0 Å². The van der Waals surface area contributed by atoms with Crippen molar-refractivity contribution in [1.82, 2.24) is 0 Å². The molecular weight excluding hydrogens is 301 g/mol. The van der Waals surface area contributed by atoms with Gasteiger partial charge in [0.2, 0.25) is 0 Å². The number of halogens is 3. The molecule has 0 unspecified atom stereocenters. The zero-order chi connectivity index (χ0) is 16.6. The van der Waals surface area contributed by atoms with Crippen LogP contribution in [0.3, 0.4) is 0 Å². The Labute approximate surface area is 132 Å². The zero-order valence-electron chi connectivity index (χ0n) is 12.6. The van der Waals surface area contributed by atoms with Crippen LogP contribution in [0, 0.1) is 0 Å². The highest BCUT2D eigenvalue weighted by atomic mass is 19.4. The summed E-state index contributed by atoms with van der Waals surface area (Å²) < 4.78 is 38.0. The molecule has 0 aliphatic heterocycles. The lowest BCUT2D eigenvalue weighted by Crippen LogP contribution is -2.07. The summed E-state index contributed by atoms with van der Waals surface area (Å²) in [6.45, 7) is 1.55. The van der Waals surface area contributed by atoms with E-state index in [1.165, 1.54) is 12.1 Å². The topological polar surface area (TPSA) is 17.1 Å². The molecule has 0 atom stereocenters. The number of hydrogen-bond acceptors (Lipinski definition) is 1. The predicted octanol–water partition coefficient (Wildman–Crippen LogP) is 5.29. The van der Waals surface area contributed by atoms with E-state index < -0.39 is 11.7 Å². The second-order valence-corrected chi connectivity index (χ2v) is 5.67. The fourth-order valence-electron chi connectivity index (χ4n) is 2.93. The molecular formula is C19H15F3O. The first kappa shape index (κ1) is 15.5. The summed E-state index contributed by atoms with van der Waals surface area (Å²) in [6, 6.07) is 10.9. The molecule has 2 aromatic rings. The lowest BCUT2D eigenvalue weighted by Gasteiger charge is -2.19. The van der Waals surface area contributed by atoms with Crippen LogP contribution < -0.4 is 0 Å². The van der Waals surface area contributed by atoms with E-state index in [4.69, 9.17) is 0 Å². The second-order valence-electron chi connectivity index (χ2n) is 5.67. The van der Waals surface area contributed by atoms with Crippen molar-refractivity contribution < 1.29 is 18.0 Å². The molecule has 0 amide bonds. The molecule has 0 fully saturated rings. The average molecular weight is 316 g/mol. The Morgan fingerprint density at radius 1 is 1.00 bits per heavy atom. The van der Waals surface area contributed by atoms with Crippen molar-refractivity contribution in [2.24, 2.45) is 0 Å². The molecule has 0 heterocycles. The summed E-state index contributed by atoms with van der Waals surface area (Å²) in [5, 5.41) is 0. The fourth-order valence-corrected chi connectivity index (χ4v) is 2.93. The van der Waals surface area contributed by atoms with E-state index in [2.05, 4.69) is 0 Å². The molecule has 0 bridgehead atoms. The van der Waals surface area contributed by atoms with E-state index in [0.717, 1.165) is 46.4 Å². The maximum Gasteiger partial charge on any atom is 0.416 e. The number of hydrogen-bond donors (Lipinski definition) is 0. The van der Waals surface area contributed by atoms with E-state index >= 15 is 0 Å². The van der Waals surface area contributed by atoms with Crippen molar-refractivity contribution in [3.63, 3.8) is 0 Å². The van der Waals surface area contributed by atoms with E-state index in [9.17, 15) is 18.0 Å². The number of ketones is 1. The highest BCUT2D eigenvalue weighted by molar-refractivity contribution is 5.99. The molecule has 23 heavy (non-hydrogen) atoms. The third-order valence-corrected chi connectivity index (χ3v) is 4.16. The van der Waals surface area contributed by atoms with Gasteiger partial charge in [0.25, 0.3) is 0 Å². The van der Waals surface area contributed by atoms with Crippen molar-refractivity contribution in [2.75, 3.05) is 0 Å². The van der Waals surface area contributed by atoms with Crippen molar-refractivity contribution in [3.8, 4) is 11.1 Å². The minimum Gasteiger partial charge on any atom is -0.295 e. The van der Waals surface area contributed by atoms with Gasteiger partial charge in [0, 0.05) is 0 Å². The molecule has 118 valence electrons. The molecule has 0 aromatic heterocycles. The van der Waals surface area contributed by atoms with Crippen LogP contribution in [0.4, 0.5) is 13.2 Å². The molecule has 0 spiro atoms. The van der Waals surface area contributed by atoms with Gasteiger partial charge >= 0.3 is 6.18 Å². The lowest BCUT2D eigenvalue weighted by atomic mass is 9.85. The molecule has 0 N–H and O–H groups in total. The molecule has 1 aliphatic rings. The number of fused-ring (bicyclic) bond motifs is 1. The highest BCUT2D eigenvalue weighted by Crippen LogP contribution is 2.35. The third-order valence-electron chi connectivity index (χ3n) is 4.16. The van der Waals surface area contributed by atoms with Crippen LogP contribution in [0.15, 0.2) is 48.0 Å². The second kappa shape index (κ2) is 5.69. The van der Waals surface area contributed by atoms with E-state index in [-0.39, 0.29) is 5.78 Å². The average Bonchev–Trinajstić information content (AvgIpc) is 2.53. The first-order valence-electron chi connectivity index (χ1n) is 7.37. The summed E-state index contributed by atoms with van der Waals surface area (Å²) in [4.78, 5) is 11.5. The molecule has 4 heteroatoms. The summed E-state index contributed by atoms with van der Waals surface area (Å²) in [5.41, 5.74) is 3.88. The summed E-state index contributed by atoms with van der Waals surface area (Å²) in [5.74, 6) is 0.0654. The van der Waals surface area contributed by atoms with Gasteiger partial charge < -0.3 is 0 Å². The predicted molar refractivity (Wildman–Crippen MR) is 83.9 cm³/mol. The summed E-state index contributed by atoms with van der Waals surface area (Å²) in [6.07, 6.45) is -1.06. The van der Waals surface area contributed by atoms with Gasteiger partial charge in [-0.25, -0.2) is 0 Å². The highest BCUT2D eigenvalue weighted by Gasteiger charge is 2.30. The van der Waals surface area contributed by atoms with Gasteiger partial charge in [-0.1, -0.05) is 30.3 Å². The van der Waals surface area contributed by atoms with Crippen LogP contribution >= 0.6 is 0 Å². The molecule has 2 aromatic carbocycles. The number of rotatable bonds is 2.